The van der Waals surface area contributed by atoms with Gasteiger partial charge >= 0.3 is 7.60 Å². The predicted molar refractivity (Wildman–Crippen MR) is 85.5 cm³/mol. The van der Waals surface area contributed by atoms with Gasteiger partial charge in [0.2, 0.25) is 0 Å². The zero-order chi connectivity index (χ0) is 14.8. The van der Waals surface area contributed by atoms with Crippen molar-refractivity contribution in [2.45, 2.75) is 40.0 Å². The standard InChI is InChI=1S/C16H25O3P/c1-4-7-8-9-12-15-13-10-11-14-16(15)20(17,18-5-2)19-6-3/h9-14H,4-8H2,1-3H3/b12-9+. The van der Waals surface area contributed by atoms with E-state index in [4.69, 9.17) is 9.05 Å². The van der Waals surface area contributed by atoms with Crippen LogP contribution in [0.4, 0.5) is 0 Å². The summed E-state index contributed by atoms with van der Waals surface area (Å²) < 4.78 is 23.7. The van der Waals surface area contributed by atoms with Crippen LogP contribution >= 0.6 is 7.60 Å². The number of benzene rings is 1. The Morgan fingerprint density at radius 1 is 1.10 bits per heavy atom. The molecule has 0 N–H and O–H groups in total. The molecule has 0 aliphatic heterocycles. The lowest BCUT2D eigenvalue weighted by atomic mass is 10.2. The van der Waals surface area contributed by atoms with Crippen molar-refractivity contribution in [2.75, 3.05) is 13.2 Å². The molecule has 0 spiro atoms. The maximum atomic E-state index is 12.8. The molecule has 0 bridgehead atoms. The van der Waals surface area contributed by atoms with Gasteiger partial charge in [0.25, 0.3) is 0 Å². The first-order chi connectivity index (χ1) is 9.68. The van der Waals surface area contributed by atoms with E-state index in [1.807, 2.05) is 44.2 Å². The number of unbranched alkanes of at least 4 members (excludes halogenated alkanes) is 2. The van der Waals surface area contributed by atoms with Crippen LogP contribution in [0, 0.1) is 0 Å². The zero-order valence-corrected chi connectivity index (χ0v) is 13.6. The molecule has 0 atom stereocenters. The first kappa shape index (κ1) is 17.2. The van der Waals surface area contributed by atoms with Crippen LogP contribution in [-0.4, -0.2) is 13.2 Å². The molecule has 20 heavy (non-hydrogen) atoms. The summed E-state index contributed by atoms with van der Waals surface area (Å²) in [6.45, 7) is 6.55. The number of rotatable bonds is 9. The highest BCUT2D eigenvalue weighted by Crippen LogP contribution is 2.47. The normalized spacial score (nSPS) is 12.2. The summed E-state index contributed by atoms with van der Waals surface area (Å²) in [5.41, 5.74) is 0.911. The van der Waals surface area contributed by atoms with Crippen LogP contribution in [0.3, 0.4) is 0 Å². The van der Waals surface area contributed by atoms with Gasteiger partial charge in [0.05, 0.1) is 18.5 Å². The minimum atomic E-state index is -3.22. The Balaban J connectivity index is 3.03. The van der Waals surface area contributed by atoms with E-state index in [1.165, 1.54) is 6.42 Å². The van der Waals surface area contributed by atoms with E-state index in [0.717, 1.165) is 18.4 Å². The average Bonchev–Trinajstić information content (AvgIpc) is 2.44. The second-order valence-electron chi connectivity index (χ2n) is 4.44. The van der Waals surface area contributed by atoms with Gasteiger partial charge < -0.3 is 9.05 Å². The van der Waals surface area contributed by atoms with Gasteiger partial charge in [0.1, 0.15) is 0 Å². The molecule has 0 aliphatic carbocycles. The van der Waals surface area contributed by atoms with Crippen LogP contribution in [0.25, 0.3) is 6.08 Å². The smallest absolute Gasteiger partial charge is 0.305 e. The Morgan fingerprint density at radius 3 is 2.35 bits per heavy atom. The Labute approximate surface area is 122 Å². The second kappa shape index (κ2) is 9.12. The highest BCUT2D eigenvalue weighted by molar-refractivity contribution is 7.62. The summed E-state index contributed by atoms with van der Waals surface area (Å²) >= 11 is 0. The van der Waals surface area contributed by atoms with Crippen molar-refractivity contribution in [3.8, 4) is 0 Å². The molecule has 0 heterocycles. The molecule has 0 saturated carbocycles. The number of hydrogen-bond donors (Lipinski definition) is 0. The van der Waals surface area contributed by atoms with Crippen molar-refractivity contribution < 1.29 is 13.6 Å². The van der Waals surface area contributed by atoms with Crippen LogP contribution in [0.2, 0.25) is 0 Å². The molecule has 112 valence electrons. The van der Waals surface area contributed by atoms with Gasteiger partial charge in [0.15, 0.2) is 0 Å². The lowest BCUT2D eigenvalue weighted by Gasteiger charge is -2.18. The molecule has 4 heteroatoms. The van der Waals surface area contributed by atoms with Gasteiger partial charge in [-0.15, -0.1) is 0 Å². The lowest BCUT2D eigenvalue weighted by Crippen LogP contribution is -2.13. The quantitative estimate of drug-likeness (QED) is 0.486. The summed E-state index contributed by atoms with van der Waals surface area (Å²) in [5, 5.41) is 0.649. The monoisotopic (exact) mass is 296 g/mol. The van der Waals surface area contributed by atoms with Crippen molar-refractivity contribution >= 4 is 19.0 Å². The number of hydrogen-bond acceptors (Lipinski definition) is 3. The fourth-order valence-corrected chi connectivity index (χ4v) is 3.69. The van der Waals surface area contributed by atoms with Crippen molar-refractivity contribution in [1.82, 2.24) is 0 Å². The third-order valence-electron chi connectivity index (χ3n) is 2.85. The summed E-state index contributed by atoms with van der Waals surface area (Å²) in [4.78, 5) is 0. The highest BCUT2D eigenvalue weighted by Gasteiger charge is 2.28. The molecule has 0 amide bonds. The van der Waals surface area contributed by atoms with Crippen molar-refractivity contribution in [2.24, 2.45) is 0 Å². The second-order valence-corrected chi connectivity index (χ2v) is 6.43. The first-order valence-electron chi connectivity index (χ1n) is 7.33. The minimum Gasteiger partial charge on any atom is -0.305 e. The Bertz CT molecular complexity index is 459. The number of allylic oxidation sites excluding steroid dienone is 1. The van der Waals surface area contributed by atoms with Gasteiger partial charge in [-0.05, 0) is 31.9 Å². The zero-order valence-electron chi connectivity index (χ0n) is 12.7. The molecular formula is C16H25O3P. The molecule has 1 aromatic carbocycles. The van der Waals surface area contributed by atoms with Crippen LogP contribution in [0.1, 0.15) is 45.6 Å². The van der Waals surface area contributed by atoms with E-state index in [2.05, 4.69) is 13.0 Å². The molecule has 0 aromatic heterocycles. The van der Waals surface area contributed by atoms with Gasteiger partial charge in [-0.1, -0.05) is 50.1 Å². The maximum Gasteiger partial charge on any atom is 0.361 e. The summed E-state index contributed by atoms with van der Waals surface area (Å²) in [5.74, 6) is 0. The van der Waals surface area contributed by atoms with Gasteiger partial charge in [0, 0.05) is 0 Å². The highest BCUT2D eigenvalue weighted by atomic mass is 31.2. The molecule has 3 nitrogen and oxygen atoms in total. The van der Waals surface area contributed by atoms with E-state index in [9.17, 15) is 4.57 Å². The van der Waals surface area contributed by atoms with Crippen LogP contribution in [0.15, 0.2) is 30.3 Å². The average molecular weight is 296 g/mol. The largest absolute Gasteiger partial charge is 0.361 e. The fourth-order valence-electron chi connectivity index (χ4n) is 1.93. The molecule has 0 radical (unpaired) electrons. The summed E-state index contributed by atoms with van der Waals surface area (Å²) in [6, 6.07) is 7.57. The Morgan fingerprint density at radius 2 is 1.75 bits per heavy atom. The first-order valence-corrected chi connectivity index (χ1v) is 8.87. The van der Waals surface area contributed by atoms with E-state index in [-0.39, 0.29) is 0 Å². The lowest BCUT2D eigenvalue weighted by molar-refractivity contribution is 0.230. The van der Waals surface area contributed by atoms with Gasteiger partial charge in [-0.25, -0.2) is 0 Å². The molecular weight excluding hydrogens is 271 g/mol. The third kappa shape index (κ3) is 4.90. The van der Waals surface area contributed by atoms with Crippen LogP contribution < -0.4 is 5.30 Å². The minimum absolute atomic E-state index is 0.366. The topological polar surface area (TPSA) is 35.5 Å². The summed E-state index contributed by atoms with van der Waals surface area (Å²) in [6.07, 6.45) is 7.48. The van der Waals surface area contributed by atoms with Crippen molar-refractivity contribution in [3.05, 3.63) is 35.9 Å². The molecule has 0 aliphatic rings. The molecule has 0 saturated heterocycles. The van der Waals surface area contributed by atoms with Gasteiger partial charge in [-0.3, -0.25) is 4.57 Å². The Kier molecular flexibility index (Phi) is 7.83. The van der Waals surface area contributed by atoms with E-state index in [0.29, 0.717) is 18.5 Å². The van der Waals surface area contributed by atoms with Gasteiger partial charge in [-0.2, -0.15) is 0 Å². The SMILES string of the molecule is CCCC/C=C/c1ccccc1P(=O)(OCC)OCC. The van der Waals surface area contributed by atoms with E-state index >= 15 is 0 Å². The molecule has 1 aromatic rings. The summed E-state index contributed by atoms with van der Waals surface area (Å²) in [7, 11) is -3.22. The predicted octanol–water partition coefficient (Wildman–Crippen LogP) is 4.78. The molecule has 0 unspecified atom stereocenters. The fraction of sp³-hybridized carbons (Fsp3) is 0.500. The van der Waals surface area contributed by atoms with Crippen molar-refractivity contribution in [1.29, 1.82) is 0 Å². The molecule has 1 rings (SSSR count). The Hall–Kier alpha value is -0.890. The van der Waals surface area contributed by atoms with Crippen LogP contribution in [-0.2, 0) is 13.6 Å². The van der Waals surface area contributed by atoms with E-state index in [1.54, 1.807) is 0 Å². The van der Waals surface area contributed by atoms with Crippen molar-refractivity contribution in [3.63, 3.8) is 0 Å². The third-order valence-corrected chi connectivity index (χ3v) is 5.05. The molecule has 0 fully saturated rings. The van der Waals surface area contributed by atoms with Crippen LogP contribution in [0.5, 0.6) is 0 Å². The van der Waals surface area contributed by atoms with E-state index < -0.39 is 7.60 Å². The maximum absolute atomic E-state index is 12.8.